The van der Waals surface area contributed by atoms with Crippen molar-refractivity contribution in [1.29, 1.82) is 5.26 Å². The summed E-state index contributed by atoms with van der Waals surface area (Å²) < 4.78 is 9.06. The van der Waals surface area contributed by atoms with Crippen LogP contribution in [0.2, 0.25) is 0 Å². The smallest absolute Gasteiger partial charge is 0.163 e. The lowest BCUT2D eigenvalue weighted by atomic mass is 9.91. The van der Waals surface area contributed by atoms with E-state index in [0.717, 1.165) is 88.4 Å². The van der Waals surface area contributed by atoms with E-state index >= 15 is 0 Å². The Hall–Kier alpha value is -8.07. The topological polar surface area (TPSA) is 67.6 Å². The number of aromatic nitrogens is 3. The highest BCUT2D eigenvalue weighted by Crippen LogP contribution is 2.46. The second-order valence-electron chi connectivity index (χ2n) is 14.4. The van der Waals surface area contributed by atoms with E-state index in [2.05, 4.69) is 120 Å². The van der Waals surface area contributed by atoms with Gasteiger partial charge in [-0.15, -0.1) is 0 Å². The molecular weight excluding hydrogens is 709 g/mol. The number of benzene rings is 8. The molecule has 3 heterocycles. The lowest BCUT2D eigenvalue weighted by Gasteiger charge is -2.21. The van der Waals surface area contributed by atoms with E-state index in [4.69, 9.17) is 14.4 Å². The van der Waals surface area contributed by atoms with Gasteiger partial charge in [0.1, 0.15) is 22.8 Å². The van der Waals surface area contributed by atoms with Gasteiger partial charge >= 0.3 is 0 Å². The van der Waals surface area contributed by atoms with E-state index in [9.17, 15) is 5.26 Å². The van der Waals surface area contributed by atoms with Crippen LogP contribution in [0.25, 0.3) is 106 Å². The molecule has 5 nitrogen and oxygen atoms in total. The van der Waals surface area contributed by atoms with Crippen LogP contribution in [0.4, 0.5) is 0 Å². The zero-order chi connectivity index (χ0) is 38.6. The summed E-state index contributed by atoms with van der Waals surface area (Å²) in [5.74, 6) is 0.515. The van der Waals surface area contributed by atoms with Crippen molar-refractivity contribution >= 4 is 43.7 Å². The molecule has 5 heteroatoms. The first-order chi connectivity index (χ1) is 28.7. The number of hydrogen-bond donors (Lipinski definition) is 0. The van der Waals surface area contributed by atoms with Gasteiger partial charge < -0.3 is 8.98 Å². The SMILES string of the molecule is N#Cc1c(-c2ccccc2)nc(-c2c(-c3ccccc3)cc(-c3ccccc3)cc2-n2c3ccccc3c3c4oc5ccccc5c4ccc32)nc1-c1ccccc1. The molecule has 0 aliphatic heterocycles. The van der Waals surface area contributed by atoms with E-state index < -0.39 is 0 Å². The molecule has 0 N–H and O–H groups in total. The molecule has 3 aromatic heterocycles. The Balaban J connectivity index is 1.33. The maximum Gasteiger partial charge on any atom is 0.163 e. The van der Waals surface area contributed by atoms with Crippen LogP contribution < -0.4 is 0 Å². The van der Waals surface area contributed by atoms with Gasteiger partial charge in [-0.1, -0.05) is 158 Å². The Morgan fingerprint density at radius 2 is 1.02 bits per heavy atom. The first-order valence-electron chi connectivity index (χ1n) is 19.3. The first-order valence-corrected chi connectivity index (χ1v) is 19.3. The third kappa shape index (κ3) is 5.31. The standard InChI is InChI=1S/C53H32N4O/c54-33-43-50(36-21-9-3-10-22-36)55-53(56-51(43)37-23-11-4-12-24-37)49-42(35-19-7-2-8-20-35)31-38(34-17-5-1-6-18-34)32-46(49)57-44-27-15-13-26-41(44)48-45(57)30-29-40-39-25-14-16-28-47(39)58-52(40)48/h1-32H. The fraction of sp³-hybridized carbons (Fsp3) is 0. The number of hydrogen-bond acceptors (Lipinski definition) is 4. The molecule has 0 unspecified atom stereocenters. The zero-order valence-corrected chi connectivity index (χ0v) is 31.2. The Morgan fingerprint density at radius 3 is 1.66 bits per heavy atom. The minimum Gasteiger partial charge on any atom is -0.455 e. The molecule has 0 fully saturated rings. The predicted octanol–water partition coefficient (Wildman–Crippen LogP) is 13.7. The fourth-order valence-corrected chi connectivity index (χ4v) is 8.46. The molecule has 11 rings (SSSR count). The second kappa shape index (κ2) is 13.6. The van der Waals surface area contributed by atoms with Crippen LogP contribution in [0.5, 0.6) is 0 Å². The molecule has 0 saturated heterocycles. The van der Waals surface area contributed by atoms with Gasteiger partial charge in [0.05, 0.1) is 39.1 Å². The van der Waals surface area contributed by atoms with E-state index in [-0.39, 0.29) is 0 Å². The van der Waals surface area contributed by atoms with Crippen LogP contribution in [0.1, 0.15) is 5.56 Å². The molecule has 270 valence electrons. The number of para-hydroxylation sites is 2. The highest BCUT2D eigenvalue weighted by molar-refractivity contribution is 6.24. The average Bonchev–Trinajstić information content (AvgIpc) is 3.85. The van der Waals surface area contributed by atoms with Gasteiger partial charge in [-0.05, 0) is 58.7 Å². The number of nitrogens with zero attached hydrogens (tertiary/aromatic N) is 4. The largest absolute Gasteiger partial charge is 0.455 e. The lowest BCUT2D eigenvalue weighted by molar-refractivity contribution is 0.673. The summed E-state index contributed by atoms with van der Waals surface area (Å²) >= 11 is 0. The Kier molecular flexibility index (Phi) is 7.80. The molecule has 0 atom stereocenters. The third-order valence-electron chi connectivity index (χ3n) is 11.1. The van der Waals surface area contributed by atoms with Gasteiger partial charge in [-0.25, -0.2) is 9.97 Å². The molecule has 0 radical (unpaired) electrons. The van der Waals surface area contributed by atoms with Gasteiger partial charge in [-0.2, -0.15) is 5.26 Å². The van der Waals surface area contributed by atoms with Crippen LogP contribution in [-0.2, 0) is 0 Å². The molecular formula is C53H32N4O. The molecule has 8 aromatic carbocycles. The number of fused-ring (bicyclic) bond motifs is 7. The Morgan fingerprint density at radius 1 is 0.466 bits per heavy atom. The van der Waals surface area contributed by atoms with Crippen LogP contribution in [0.15, 0.2) is 199 Å². The van der Waals surface area contributed by atoms with Crippen molar-refractivity contribution in [3.63, 3.8) is 0 Å². The van der Waals surface area contributed by atoms with Gasteiger partial charge in [0.2, 0.25) is 0 Å². The summed E-state index contributed by atoms with van der Waals surface area (Å²) in [4.78, 5) is 10.8. The normalized spacial score (nSPS) is 11.4. The number of nitriles is 1. The van der Waals surface area contributed by atoms with Crippen LogP contribution in [0.3, 0.4) is 0 Å². The summed E-state index contributed by atoms with van der Waals surface area (Å²) in [5, 5.41) is 15.1. The highest BCUT2D eigenvalue weighted by Gasteiger charge is 2.27. The molecule has 58 heavy (non-hydrogen) atoms. The molecule has 0 amide bonds. The minimum absolute atomic E-state index is 0.425. The molecule has 0 aliphatic carbocycles. The van der Waals surface area contributed by atoms with E-state index in [0.29, 0.717) is 22.8 Å². The number of furan rings is 1. The van der Waals surface area contributed by atoms with Crippen molar-refractivity contribution in [2.45, 2.75) is 0 Å². The van der Waals surface area contributed by atoms with Crippen molar-refractivity contribution in [1.82, 2.24) is 14.5 Å². The van der Waals surface area contributed by atoms with Crippen molar-refractivity contribution in [2.24, 2.45) is 0 Å². The summed E-state index contributed by atoms with van der Waals surface area (Å²) in [6, 6.07) is 69.0. The molecule has 0 saturated carbocycles. The minimum atomic E-state index is 0.425. The van der Waals surface area contributed by atoms with E-state index in [1.165, 1.54) is 0 Å². The summed E-state index contributed by atoms with van der Waals surface area (Å²) in [6.45, 7) is 0. The van der Waals surface area contributed by atoms with Crippen LogP contribution in [0, 0.1) is 11.3 Å². The van der Waals surface area contributed by atoms with Crippen LogP contribution >= 0.6 is 0 Å². The monoisotopic (exact) mass is 740 g/mol. The fourth-order valence-electron chi connectivity index (χ4n) is 8.46. The zero-order valence-electron chi connectivity index (χ0n) is 31.2. The molecule has 11 aromatic rings. The van der Waals surface area contributed by atoms with Crippen molar-refractivity contribution in [2.75, 3.05) is 0 Å². The van der Waals surface area contributed by atoms with Gasteiger partial charge in [-0.3, -0.25) is 0 Å². The summed E-state index contributed by atoms with van der Waals surface area (Å²) in [7, 11) is 0. The molecule has 0 bridgehead atoms. The van der Waals surface area contributed by atoms with Crippen molar-refractivity contribution < 1.29 is 4.42 Å². The lowest BCUT2D eigenvalue weighted by Crippen LogP contribution is -2.06. The number of rotatable bonds is 6. The molecule has 0 aliphatic rings. The van der Waals surface area contributed by atoms with Crippen molar-refractivity contribution in [3.05, 3.63) is 200 Å². The summed E-state index contributed by atoms with van der Waals surface area (Å²) in [5.41, 5.74) is 12.9. The van der Waals surface area contributed by atoms with E-state index in [1.807, 2.05) is 84.9 Å². The van der Waals surface area contributed by atoms with Crippen LogP contribution in [-0.4, -0.2) is 14.5 Å². The highest BCUT2D eigenvalue weighted by atomic mass is 16.3. The maximum absolute atomic E-state index is 10.8. The van der Waals surface area contributed by atoms with Gasteiger partial charge in [0.25, 0.3) is 0 Å². The van der Waals surface area contributed by atoms with Gasteiger partial charge in [0.15, 0.2) is 5.82 Å². The predicted molar refractivity (Wildman–Crippen MR) is 236 cm³/mol. The molecule has 0 spiro atoms. The summed E-state index contributed by atoms with van der Waals surface area (Å²) in [6.07, 6.45) is 0. The third-order valence-corrected chi connectivity index (χ3v) is 11.1. The Bertz CT molecular complexity index is 3320. The maximum atomic E-state index is 10.8. The first kappa shape index (κ1) is 33.3. The second-order valence-corrected chi connectivity index (χ2v) is 14.4. The quantitative estimate of drug-likeness (QED) is 0.170. The van der Waals surface area contributed by atoms with Crippen molar-refractivity contribution in [3.8, 4) is 67.9 Å². The van der Waals surface area contributed by atoms with Gasteiger partial charge in [0, 0.05) is 27.3 Å². The Labute approximate surface area is 334 Å². The average molecular weight is 741 g/mol. The van der Waals surface area contributed by atoms with E-state index in [1.54, 1.807) is 0 Å².